The van der Waals surface area contributed by atoms with Gasteiger partial charge >= 0.3 is 0 Å². The van der Waals surface area contributed by atoms with Crippen molar-refractivity contribution in [3.8, 4) is 0 Å². The first-order valence-electron chi connectivity index (χ1n) is 7.47. The number of piperidine rings is 1. The maximum absolute atomic E-state index is 12.3. The van der Waals surface area contributed by atoms with E-state index in [9.17, 15) is 4.79 Å². The largest absolute Gasteiger partial charge is 0.342 e. The monoisotopic (exact) mass is 303 g/mol. The molecule has 1 aromatic carbocycles. The van der Waals surface area contributed by atoms with E-state index in [0.717, 1.165) is 35.7 Å². The summed E-state index contributed by atoms with van der Waals surface area (Å²) in [7, 11) is 2.01. The molecule has 21 heavy (non-hydrogen) atoms. The Morgan fingerprint density at radius 1 is 1.43 bits per heavy atom. The third kappa shape index (κ3) is 3.07. The summed E-state index contributed by atoms with van der Waals surface area (Å²) in [6.07, 6.45) is 2.37. The number of aromatic nitrogens is 2. The first-order valence-corrected chi connectivity index (χ1v) is 8.45. The Bertz CT molecular complexity index is 652. The Morgan fingerprint density at radius 3 is 3.00 bits per heavy atom. The molecule has 112 valence electrons. The molecule has 0 bridgehead atoms. The van der Waals surface area contributed by atoms with Gasteiger partial charge in [-0.25, -0.2) is 4.98 Å². The predicted molar refractivity (Wildman–Crippen MR) is 86.4 cm³/mol. The minimum Gasteiger partial charge on any atom is -0.342 e. The zero-order valence-electron chi connectivity index (χ0n) is 12.6. The highest BCUT2D eigenvalue weighted by molar-refractivity contribution is 7.99. The van der Waals surface area contributed by atoms with Crippen LogP contribution in [0.15, 0.2) is 29.4 Å². The molecule has 2 aromatic rings. The quantitative estimate of drug-likeness (QED) is 0.818. The van der Waals surface area contributed by atoms with E-state index in [-0.39, 0.29) is 5.91 Å². The number of carbonyl (C=O) groups excluding carboxylic acids is 1. The molecule has 1 amide bonds. The van der Waals surface area contributed by atoms with Crippen LogP contribution in [0.3, 0.4) is 0 Å². The van der Waals surface area contributed by atoms with Gasteiger partial charge in [-0.05, 0) is 30.9 Å². The van der Waals surface area contributed by atoms with Gasteiger partial charge in [-0.15, -0.1) is 0 Å². The van der Waals surface area contributed by atoms with Crippen LogP contribution in [0.4, 0.5) is 0 Å². The number of fused-ring (bicyclic) bond motifs is 1. The number of nitrogens with zero attached hydrogens (tertiary/aromatic N) is 3. The summed E-state index contributed by atoms with van der Waals surface area (Å²) in [5.74, 6) is 1.34. The first kappa shape index (κ1) is 14.4. The summed E-state index contributed by atoms with van der Waals surface area (Å²) in [4.78, 5) is 18.9. The van der Waals surface area contributed by atoms with E-state index in [0.29, 0.717) is 11.7 Å². The molecule has 2 heterocycles. The normalized spacial score (nSPS) is 19.1. The van der Waals surface area contributed by atoms with Gasteiger partial charge in [0.15, 0.2) is 5.16 Å². The molecule has 0 saturated carbocycles. The number of aryl methyl sites for hydroxylation is 1. The summed E-state index contributed by atoms with van der Waals surface area (Å²) in [5.41, 5.74) is 2.10. The lowest BCUT2D eigenvalue weighted by Crippen LogP contribution is -2.40. The van der Waals surface area contributed by atoms with Crippen LogP contribution < -0.4 is 0 Å². The Balaban J connectivity index is 1.66. The minimum atomic E-state index is 0.235. The van der Waals surface area contributed by atoms with Gasteiger partial charge in [0.05, 0.1) is 16.8 Å². The van der Waals surface area contributed by atoms with Crippen LogP contribution in [0.25, 0.3) is 11.0 Å². The van der Waals surface area contributed by atoms with E-state index < -0.39 is 0 Å². The number of carbonyl (C=O) groups is 1. The van der Waals surface area contributed by atoms with Gasteiger partial charge in [0.2, 0.25) is 5.91 Å². The van der Waals surface area contributed by atoms with Crippen molar-refractivity contribution >= 4 is 28.7 Å². The number of para-hydroxylation sites is 2. The topological polar surface area (TPSA) is 38.1 Å². The molecule has 1 aliphatic rings. The molecule has 1 atom stereocenters. The number of hydrogen-bond donors (Lipinski definition) is 0. The molecule has 4 nitrogen and oxygen atoms in total. The van der Waals surface area contributed by atoms with Crippen molar-refractivity contribution in [2.45, 2.75) is 24.9 Å². The molecule has 0 radical (unpaired) electrons. The lowest BCUT2D eigenvalue weighted by atomic mass is 10.0. The molecule has 1 aromatic heterocycles. The minimum absolute atomic E-state index is 0.235. The van der Waals surface area contributed by atoms with Crippen molar-refractivity contribution in [3.05, 3.63) is 24.3 Å². The highest BCUT2D eigenvalue weighted by Gasteiger charge is 2.21. The fourth-order valence-corrected chi connectivity index (χ4v) is 3.78. The summed E-state index contributed by atoms with van der Waals surface area (Å²) in [6.45, 7) is 4.03. The summed E-state index contributed by atoms with van der Waals surface area (Å²) < 4.78 is 2.06. The molecule has 1 unspecified atom stereocenters. The Labute approximate surface area is 129 Å². The molecule has 1 fully saturated rings. The fourth-order valence-electron chi connectivity index (χ4n) is 2.89. The number of imidazole rings is 1. The second kappa shape index (κ2) is 6.10. The summed E-state index contributed by atoms with van der Waals surface area (Å²) in [5, 5.41) is 0.912. The van der Waals surface area contributed by atoms with Crippen LogP contribution in [0.1, 0.15) is 19.8 Å². The highest BCUT2D eigenvalue weighted by Crippen LogP contribution is 2.23. The number of hydrogen-bond acceptors (Lipinski definition) is 3. The molecule has 3 rings (SSSR count). The molecule has 0 spiro atoms. The average molecular weight is 303 g/mol. The zero-order chi connectivity index (χ0) is 14.8. The predicted octanol–water partition coefficient (Wildman–Crippen LogP) is 2.92. The molecule has 5 heteroatoms. The van der Waals surface area contributed by atoms with E-state index in [1.54, 1.807) is 0 Å². The molecule has 1 saturated heterocycles. The van der Waals surface area contributed by atoms with Crippen LogP contribution in [-0.4, -0.2) is 39.2 Å². The lowest BCUT2D eigenvalue weighted by molar-refractivity contribution is -0.130. The Kier molecular flexibility index (Phi) is 4.19. The molecular formula is C16H21N3OS. The zero-order valence-corrected chi connectivity index (χ0v) is 13.4. The maximum atomic E-state index is 12.3. The average Bonchev–Trinajstić information content (AvgIpc) is 2.82. The standard InChI is InChI=1S/C16H21N3OS/c1-12-6-5-9-19(10-12)15(20)11-21-16-17-13-7-3-4-8-14(13)18(16)2/h3-4,7-8,12H,5-6,9-11H2,1-2H3. The third-order valence-corrected chi connectivity index (χ3v) is 5.10. The third-order valence-electron chi connectivity index (χ3n) is 4.08. The van der Waals surface area contributed by atoms with E-state index in [2.05, 4.69) is 22.5 Å². The molecule has 0 N–H and O–H groups in total. The van der Waals surface area contributed by atoms with Gasteiger partial charge in [-0.1, -0.05) is 30.8 Å². The fraction of sp³-hybridized carbons (Fsp3) is 0.500. The van der Waals surface area contributed by atoms with Gasteiger partial charge in [-0.3, -0.25) is 4.79 Å². The van der Waals surface area contributed by atoms with E-state index in [1.807, 2.05) is 30.1 Å². The molecule has 0 aliphatic carbocycles. The SMILES string of the molecule is CC1CCCN(C(=O)CSc2nc3ccccc3n2C)C1. The number of benzene rings is 1. The molecular weight excluding hydrogens is 282 g/mol. The van der Waals surface area contributed by atoms with Gasteiger partial charge in [-0.2, -0.15) is 0 Å². The van der Waals surface area contributed by atoms with Crippen LogP contribution in [0.2, 0.25) is 0 Å². The second-order valence-corrected chi connectivity index (χ2v) is 6.76. The first-order chi connectivity index (χ1) is 10.1. The summed E-state index contributed by atoms with van der Waals surface area (Å²) >= 11 is 1.54. The van der Waals surface area contributed by atoms with Crippen molar-refractivity contribution in [1.29, 1.82) is 0 Å². The van der Waals surface area contributed by atoms with Gasteiger partial charge in [0, 0.05) is 20.1 Å². The van der Waals surface area contributed by atoms with Gasteiger partial charge < -0.3 is 9.47 Å². The van der Waals surface area contributed by atoms with Crippen molar-refractivity contribution < 1.29 is 4.79 Å². The van der Waals surface area contributed by atoms with Crippen molar-refractivity contribution in [3.63, 3.8) is 0 Å². The number of thioether (sulfide) groups is 1. The van der Waals surface area contributed by atoms with Crippen molar-refractivity contribution in [2.24, 2.45) is 13.0 Å². The van der Waals surface area contributed by atoms with Crippen LogP contribution in [-0.2, 0) is 11.8 Å². The second-order valence-electron chi connectivity index (χ2n) is 5.82. The van der Waals surface area contributed by atoms with Crippen LogP contribution in [0.5, 0.6) is 0 Å². The van der Waals surface area contributed by atoms with E-state index >= 15 is 0 Å². The smallest absolute Gasteiger partial charge is 0.233 e. The van der Waals surface area contributed by atoms with Crippen LogP contribution in [0, 0.1) is 5.92 Å². The number of likely N-dealkylation sites (tertiary alicyclic amines) is 1. The lowest BCUT2D eigenvalue weighted by Gasteiger charge is -2.30. The summed E-state index contributed by atoms with van der Waals surface area (Å²) in [6, 6.07) is 8.07. The highest BCUT2D eigenvalue weighted by atomic mass is 32.2. The van der Waals surface area contributed by atoms with Gasteiger partial charge in [0.25, 0.3) is 0 Å². The number of amides is 1. The Hall–Kier alpha value is -1.49. The van der Waals surface area contributed by atoms with Crippen molar-refractivity contribution in [1.82, 2.24) is 14.5 Å². The van der Waals surface area contributed by atoms with E-state index in [1.165, 1.54) is 18.2 Å². The van der Waals surface area contributed by atoms with Crippen molar-refractivity contribution in [2.75, 3.05) is 18.8 Å². The van der Waals surface area contributed by atoms with Gasteiger partial charge in [0.1, 0.15) is 0 Å². The van der Waals surface area contributed by atoms with Crippen LogP contribution >= 0.6 is 11.8 Å². The Morgan fingerprint density at radius 2 is 2.24 bits per heavy atom. The number of rotatable bonds is 3. The maximum Gasteiger partial charge on any atom is 0.233 e. The van der Waals surface area contributed by atoms with E-state index in [4.69, 9.17) is 0 Å². The molecule has 1 aliphatic heterocycles.